The summed E-state index contributed by atoms with van der Waals surface area (Å²) >= 11 is 0. The Balaban J connectivity index is 1.13. The van der Waals surface area contributed by atoms with Gasteiger partial charge in [0.2, 0.25) is 0 Å². The molecule has 1 heterocycles. The zero-order valence-electron chi connectivity index (χ0n) is 26.3. The molecule has 0 spiro atoms. The Morgan fingerprint density at radius 2 is 0.896 bits per heavy atom. The van der Waals surface area contributed by atoms with Crippen LogP contribution in [0, 0.1) is 0 Å². The van der Waals surface area contributed by atoms with Gasteiger partial charge in [0.15, 0.2) is 17.5 Å². The molecule has 3 nitrogen and oxygen atoms in total. The summed E-state index contributed by atoms with van der Waals surface area (Å²) in [4.78, 5) is 15.0. The fourth-order valence-corrected chi connectivity index (χ4v) is 6.98. The van der Waals surface area contributed by atoms with E-state index in [9.17, 15) is 0 Å². The Morgan fingerprint density at radius 1 is 0.354 bits per heavy atom. The highest BCUT2D eigenvalue weighted by Crippen LogP contribution is 2.38. The normalized spacial score (nSPS) is 12.9. The first-order chi connectivity index (χ1) is 23.8. The minimum Gasteiger partial charge on any atom is -0.208 e. The molecule has 0 N–H and O–H groups in total. The molecule has 0 unspecified atom stereocenters. The fraction of sp³-hybridized carbons (Fsp3) is 0.0444. The molecule has 9 rings (SSSR count). The van der Waals surface area contributed by atoms with Crippen molar-refractivity contribution in [3.05, 3.63) is 170 Å². The smallest absolute Gasteiger partial charge is 0.164 e. The van der Waals surface area contributed by atoms with Crippen LogP contribution in [0.4, 0.5) is 0 Å². The Hall–Kier alpha value is -6.19. The Bertz CT molecular complexity index is 2510. The second-order valence-electron chi connectivity index (χ2n) is 12.3. The van der Waals surface area contributed by atoms with Gasteiger partial charge in [0.05, 0.1) is 0 Å². The lowest BCUT2D eigenvalue weighted by atomic mass is 9.91. The first-order valence-corrected chi connectivity index (χ1v) is 16.5. The van der Waals surface area contributed by atoms with Crippen molar-refractivity contribution < 1.29 is 0 Å². The number of hydrogen-bond donors (Lipinski definition) is 0. The zero-order chi connectivity index (χ0) is 31.9. The van der Waals surface area contributed by atoms with Crippen LogP contribution in [-0.2, 0) is 0 Å². The average Bonchev–Trinajstić information content (AvgIpc) is 3.18. The quantitative estimate of drug-likeness (QED) is 0.181. The molecule has 1 aliphatic rings. The summed E-state index contributed by atoms with van der Waals surface area (Å²) in [7, 11) is 0. The number of allylic oxidation sites excluding steroid dienone is 4. The molecule has 3 heteroatoms. The van der Waals surface area contributed by atoms with Crippen molar-refractivity contribution in [1.82, 2.24) is 15.0 Å². The average molecular weight is 614 g/mol. The Kier molecular flexibility index (Phi) is 6.94. The minimum absolute atomic E-state index is 0.673. The molecule has 48 heavy (non-hydrogen) atoms. The molecule has 0 atom stereocenters. The summed E-state index contributed by atoms with van der Waals surface area (Å²) < 4.78 is 0. The SMILES string of the molecule is C1=CC(c2nc(-c3ccccc3)nc(-c3ccccc3-c3ccc(-c4ccc5c6ccccc6c6ccccc6c5c4)cc3)n2)=CCC1. The molecule has 0 amide bonds. The number of fused-ring (bicyclic) bond motifs is 6. The summed E-state index contributed by atoms with van der Waals surface area (Å²) in [5, 5.41) is 7.72. The highest BCUT2D eigenvalue weighted by Gasteiger charge is 2.17. The van der Waals surface area contributed by atoms with Gasteiger partial charge in [0.25, 0.3) is 0 Å². The topological polar surface area (TPSA) is 38.7 Å². The van der Waals surface area contributed by atoms with Crippen LogP contribution in [0.3, 0.4) is 0 Å². The van der Waals surface area contributed by atoms with Crippen LogP contribution < -0.4 is 0 Å². The molecule has 0 saturated heterocycles. The molecule has 0 aliphatic heterocycles. The fourth-order valence-electron chi connectivity index (χ4n) is 6.98. The van der Waals surface area contributed by atoms with E-state index in [-0.39, 0.29) is 0 Å². The van der Waals surface area contributed by atoms with Crippen molar-refractivity contribution >= 4 is 37.9 Å². The number of nitrogens with zero attached hydrogens (tertiary/aromatic N) is 3. The molecule has 8 aromatic rings. The molecular weight excluding hydrogens is 583 g/mol. The van der Waals surface area contributed by atoms with Gasteiger partial charge in [-0.2, -0.15) is 0 Å². The van der Waals surface area contributed by atoms with E-state index in [2.05, 4.69) is 146 Å². The van der Waals surface area contributed by atoms with Crippen LogP contribution in [0.5, 0.6) is 0 Å². The van der Waals surface area contributed by atoms with Crippen LogP contribution in [0.2, 0.25) is 0 Å². The Labute approximate surface area is 279 Å². The number of aromatic nitrogens is 3. The summed E-state index contributed by atoms with van der Waals surface area (Å²) in [5.74, 6) is 2.06. The van der Waals surface area contributed by atoms with Gasteiger partial charge in [-0.15, -0.1) is 0 Å². The molecule has 0 saturated carbocycles. The monoisotopic (exact) mass is 613 g/mol. The van der Waals surface area contributed by atoms with Gasteiger partial charge in [0.1, 0.15) is 0 Å². The van der Waals surface area contributed by atoms with Crippen molar-refractivity contribution in [2.24, 2.45) is 0 Å². The molecule has 0 bridgehead atoms. The summed E-state index contributed by atoms with van der Waals surface area (Å²) in [6.07, 6.45) is 8.56. The molecule has 226 valence electrons. The van der Waals surface area contributed by atoms with Gasteiger partial charge >= 0.3 is 0 Å². The van der Waals surface area contributed by atoms with Crippen LogP contribution >= 0.6 is 0 Å². The van der Waals surface area contributed by atoms with E-state index in [0.717, 1.165) is 40.7 Å². The van der Waals surface area contributed by atoms with Crippen LogP contribution in [0.15, 0.2) is 164 Å². The van der Waals surface area contributed by atoms with Crippen molar-refractivity contribution in [3.63, 3.8) is 0 Å². The third kappa shape index (κ3) is 4.97. The van der Waals surface area contributed by atoms with E-state index < -0.39 is 0 Å². The summed E-state index contributed by atoms with van der Waals surface area (Å²) in [6.45, 7) is 0. The van der Waals surface area contributed by atoms with E-state index in [1.165, 1.54) is 43.4 Å². The molecule has 7 aromatic carbocycles. The van der Waals surface area contributed by atoms with Gasteiger partial charge in [0, 0.05) is 16.7 Å². The molecule has 0 radical (unpaired) electrons. The summed E-state index contributed by atoms with van der Waals surface area (Å²) in [5.41, 5.74) is 7.58. The Morgan fingerprint density at radius 3 is 1.58 bits per heavy atom. The number of rotatable bonds is 5. The van der Waals surface area contributed by atoms with E-state index in [1.54, 1.807) is 0 Å². The van der Waals surface area contributed by atoms with Gasteiger partial charge in [-0.05, 0) is 73.5 Å². The first kappa shape index (κ1) is 28.1. The van der Waals surface area contributed by atoms with E-state index in [1.807, 2.05) is 18.2 Å². The van der Waals surface area contributed by atoms with E-state index in [4.69, 9.17) is 15.0 Å². The second-order valence-corrected chi connectivity index (χ2v) is 12.3. The maximum absolute atomic E-state index is 5.04. The lowest BCUT2D eigenvalue weighted by molar-refractivity contribution is 1.01. The van der Waals surface area contributed by atoms with E-state index >= 15 is 0 Å². The molecule has 1 aliphatic carbocycles. The van der Waals surface area contributed by atoms with Crippen molar-refractivity contribution in [1.29, 1.82) is 0 Å². The second kappa shape index (κ2) is 11.9. The van der Waals surface area contributed by atoms with Crippen molar-refractivity contribution in [2.75, 3.05) is 0 Å². The van der Waals surface area contributed by atoms with E-state index in [0.29, 0.717) is 17.5 Å². The van der Waals surface area contributed by atoms with Gasteiger partial charge in [-0.25, -0.2) is 15.0 Å². The van der Waals surface area contributed by atoms with Crippen molar-refractivity contribution in [2.45, 2.75) is 12.8 Å². The minimum atomic E-state index is 0.673. The van der Waals surface area contributed by atoms with Gasteiger partial charge in [-0.1, -0.05) is 158 Å². The van der Waals surface area contributed by atoms with Crippen molar-refractivity contribution in [3.8, 4) is 45.0 Å². The first-order valence-electron chi connectivity index (χ1n) is 16.5. The lowest BCUT2D eigenvalue weighted by Gasteiger charge is -2.14. The largest absolute Gasteiger partial charge is 0.208 e. The number of benzene rings is 7. The highest BCUT2D eigenvalue weighted by atomic mass is 15.0. The lowest BCUT2D eigenvalue weighted by Crippen LogP contribution is -2.03. The van der Waals surface area contributed by atoms with Crippen LogP contribution in [-0.4, -0.2) is 15.0 Å². The summed E-state index contributed by atoms with van der Waals surface area (Å²) in [6, 6.07) is 51.8. The molecular formula is C45H31N3. The zero-order valence-corrected chi connectivity index (χ0v) is 26.3. The standard InChI is InChI=1S/C45H31N3/c1-3-13-32(14-4-1)43-46-44(33-15-5-2-6-16-33)48-45(47-43)41-22-12-7-17-35(41)31-25-23-30(24-26-31)34-27-28-40-38-20-9-8-18-36(38)37-19-10-11-21-39(37)42(40)29-34/h1,3-5,7-29H,2,6H2. The maximum Gasteiger partial charge on any atom is 0.164 e. The third-order valence-corrected chi connectivity index (χ3v) is 9.36. The predicted octanol–water partition coefficient (Wildman–Crippen LogP) is 11.7. The van der Waals surface area contributed by atoms with Crippen LogP contribution in [0.25, 0.3) is 82.9 Å². The highest BCUT2D eigenvalue weighted by molar-refractivity contribution is 6.25. The molecule has 0 fully saturated rings. The van der Waals surface area contributed by atoms with Gasteiger partial charge in [-0.3, -0.25) is 0 Å². The third-order valence-electron chi connectivity index (χ3n) is 9.36. The predicted molar refractivity (Wildman–Crippen MR) is 200 cm³/mol. The maximum atomic E-state index is 5.04. The molecule has 1 aromatic heterocycles. The van der Waals surface area contributed by atoms with Gasteiger partial charge < -0.3 is 0 Å². The van der Waals surface area contributed by atoms with Crippen LogP contribution in [0.1, 0.15) is 18.7 Å². The number of hydrogen-bond acceptors (Lipinski definition) is 3.